The van der Waals surface area contributed by atoms with E-state index in [1.807, 2.05) is 0 Å². The quantitative estimate of drug-likeness (QED) is 0.403. The maximum atomic E-state index is 13.4. The number of rotatable bonds is 3. The molecule has 4 aromatic rings. The maximum absolute atomic E-state index is 13.4. The lowest BCUT2D eigenvalue weighted by Gasteiger charge is -2.12. The van der Waals surface area contributed by atoms with Crippen molar-refractivity contribution in [2.45, 2.75) is 12.4 Å². The van der Waals surface area contributed by atoms with Crippen LogP contribution in [0.15, 0.2) is 67.4 Å². The third kappa shape index (κ3) is 4.39. The summed E-state index contributed by atoms with van der Waals surface area (Å²) in [7, 11) is 0. The zero-order chi connectivity index (χ0) is 22.2. The van der Waals surface area contributed by atoms with Crippen molar-refractivity contribution in [3.63, 3.8) is 0 Å². The van der Waals surface area contributed by atoms with E-state index < -0.39 is 23.6 Å². The Morgan fingerprint density at radius 3 is 2.23 bits per heavy atom. The van der Waals surface area contributed by atoms with Gasteiger partial charge >= 0.3 is 12.4 Å². The molecule has 0 saturated heterocycles. The van der Waals surface area contributed by atoms with E-state index in [1.165, 1.54) is 24.8 Å². The Bertz CT molecular complexity index is 1210. The standard InChI is InChI=1S/C20H11F6N5/c21-19(22,23)14-5-1-3-12(7-14)15-8-17(20(24,25)26)30-18(29-15)31-10-16(28-11-31)13-4-2-6-27-9-13/h1-11H. The third-order valence-corrected chi connectivity index (χ3v) is 4.26. The van der Waals surface area contributed by atoms with Gasteiger partial charge in [0.2, 0.25) is 5.95 Å². The van der Waals surface area contributed by atoms with E-state index in [0.717, 1.165) is 22.8 Å². The van der Waals surface area contributed by atoms with E-state index in [0.29, 0.717) is 17.3 Å². The van der Waals surface area contributed by atoms with Gasteiger partial charge in [0.05, 0.1) is 17.0 Å². The van der Waals surface area contributed by atoms with Crippen LogP contribution in [-0.2, 0) is 12.4 Å². The molecule has 0 N–H and O–H groups in total. The summed E-state index contributed by atoms with van der Waals surface area (Å²) < 4.78 is 80.5. The molecular formula is C20H11F6N5. The molecule has 11 heteroatoms. The Labute approximate surface area is 171 Å². The number of imidazole rings is 1. The lowest BCUT2D eigenvalue weighted by atomic mass is 10.1. The molecule has 0 saturated carbocycles. The van der Waals surface area contributed by atoms with Crippen molar-refractivity contribution in [2.75, 3.05) is 0 Å². The summed E-state index contributed by atoms with van der Waals surface area (Å²) in [6.45, 7) is 0. The van der Waals surface area contributed by atoms with E-state index >= 15 is 0 Å². The van der Waals surface area contributed by atoms with Crippen LogP contribution in [0.3, 0.4) is 0 Å². The fourth-order valence-corrected chi connectivity index (χ4v) is 2.79. The molecule has 3 heterocycles. The summed E-state index contributed by atoms with van der Waals surface area (Å²) in [5.41, 5.74) is -1.69. The molecule has 0 amide bonds. The largest absolute Gasteiger partial charge is 0.433 e. The second-order valence-electron chi connectivity index (χ2n) is 6.42. The SMILES string of the molecule is FC(F)(F)c1cccc(-c2cc(C(F)(F)F)nc(-n3cnc(-c4cccnc4)c3)n2)c1. The highest BCUT2D eigenvalue weighted by atomic mass is 19.4. The smallest absolute Gasteiger partial charge is 0.274 e. The van der Waals surface area contributed by atoms with Crippen molar-refractivity contribution < 1.29 is 26.3 Å². The van der Waals surface area contributed by atoms with Crippen molar-refractivity contribution in [1.82, 2.24) is 24.5 Å². The lowest BCUT2D eigenvalue weighted by molar-refractivity contribution is -0.141. The minimum atomic E-state index is -4.83. The molecule has 0 spiro atoms. The number of halogens is 6. The average molecular weight is 435 g/mol. The van der Waals surface area contributed by atoms with Crippen molar-refractivity contribution in [3.8, 4) is 28.5 Å². The normalized spacial score (nSPS) is 12.2. The first-order chi connectivity index (χ1) is 14.6. The predicted octanol–water partition coefficient (Wildman–Crippen LogP) is 5.43. The number of nitrogens with zero attached hydrogens (tertiary/aromatic N) is 5. The molecule has 0 atom stereocenters. The lowest BCUT2D eigenvalue weighted by Crippen LogP contribution is -2.12. The van der Waals surface area contributed by atoms with E-state index in [4.69, 9.17) is 0 Å². The maximum Gasteiger partial charge on any atom is 0.433 e. The molecule has 0 aliphatic rings. The fraction of sp³-hybridized carbons (Fsp3) is 0.100. The number of hydrogen-bond acceptors (Lipinski definition) is 4. The molecular weight excluding hydrogens is 424 g/mol. The number of aromatic nitrogens is 5. The summed E-state index contributed by atoms with van der Waals surface area (Å²) in [5.74, 6) is -0.384. The molecule has 5 nitrogen and oxygen atoms in total. The second kappa shape index (κ2) is 7.49. The van der Waals surface area contributed by atoms with E-state index in [1.54, 1.807) is 18.3 Å². The van der Waals surface area contributed by atoms with Gasteiger partial charge in [0.15, 0.2) is 5.69 Å². The minimum absolute atomic E-state index is 0.128. The van der Waals surface area contributed by atoms with Gasteiger partial charge in [-0.3, -0.25) is 9.55 Å². The first-order valence-electron chi connectivity index (χ1n) is 8.70. The molecule has 158 valence electrons. The Morgan fingerprint density at radius 1 is 0.774 bits per heavy atom. The Hall–Kier alpha value is -3.76. The van der Waals surface area contributed by atoms with Crippen LogP contribution in [0, 0.1) is 0 Å². The highest BCUT2D eigenvalue weighted by Gasteiger charge is 2.35. The van der Waals surface area contributed by atoms with Crippen molar-refractivity contribution in [2.24, 2.45) is 0 Å². The third-order valence-electron chi connectivity index (χ3n) is 4.26. The number of benzene rings is 1. The Morgan fingerprint density at radius 2 is 1.55 bits per heavy atom. The van der Waals surface area contributed by atoms with Crippen LogP contribution in [0.1, 0.15) is 11.3 Å². The van der Waals surface area contributed by atoms with Gasteiger partial charge in [-0.05, 0) is 30.3 Å². The van der Waals surface area contributed by atoms with Crippen molar-refractivity contribution in [3.05, 3.63) is 78.6 Å². The monoisotopic (exact) mass is 435 g/mol. The molecule has 0 radical (unpaired) electrons. The molecule has 0 bridgehead atoms. The zero-order valence-electron chi connectivity index (χ0n) is 15.4. The zero-order valence-corrected chi connectivity index (χ0v) is 15.4. The van der Waals surface area contributed by atoms with E-state index in [-0.39, 0.29) is 17.2 Å². The van der Waals surface area contributed by atoms with Gasteiger partial charge in [-0.25, -0.2) is 15.0 Å². The summed E-state index contributed by atoms with van der Waals surface area (Å²) in [5, 5.41) is 0. The van der Waals surface area contributed by atoms with Crippen LogP contribution in [0.2, 0.25) is 0 Å². The van der Waals surface area contributed by atoms with Gasteiger partial charge in [-0.1, -0.05) is 12.1 Å². The molecule has 0 fully saturated rings. The van der Waals surface area contributed by atoms with Gasteiger partial charge in [0.1, 0.15) is 6.33 Å². The highest BCUT2D eigenvalue weighted by Crippen LogP contribution is 2.34. The molecule has 0 unspecified atom stereocenters. The average Bonchev–Trinajstić information content (AvgIpc) is 3.23. The molecule has 3 aromatic heterocycles. The predicted molar refractivity (Wildman–Crippen MR) is 97.8 cm³/mol. The van der Waals surface area contributed by atoms with Crippen LogP contribution < -0.4 is 0 Å². The first kappa shape index (κ1) is 20.5. The van der Waals surface area contributed by atoms with E-state index in [2.05, 4.69) is 19.9 Å². The van der Waals surface area contributed by atoms with Gasteiger partial charge in [0, 0.05) is 29.7 Å². The van der Waals surface area contributed by atoms with Crippen LogP contribution in [0.25, 0.3) is 28.5 Å². The number of hydrogen-bond donors (Lipinski definition) is 0. The Balaban J connectivity index is 1.83. The van der Waals surface area contributed by atoms with Crippen molar-refractivity contribution in [1.29, 1.82) is 0 Å². The number of alkyl halides is 6. The topological polar surface area (TPSA) is 56.5 Å². The molecule has 0 aliphatic carbocycles. The van der Waals surface area contributed by atoms with Gasteiger partial charge in [-0.2, -0.15) is 26.3 Å². The second-order valence-corrected chi connectivity index (χ2v) is 6.42. The summed E-state index contributed by atoms with van der Waals surface area (Å²) in [6, 6.07) is 7.90. The summed E-state index contributed by atoms with van der Waals surface area (Å²) in [6.07, 6.45) is -3.79. The van der Waals surface area contributed by atoms with Crippen molar-refractivity contribution >= 4 is 0 Å². The summed E-state index contributed by atoms with van der Waals surface area (Å²) in [4.78, 5) is 15.6. The highest BCUT2D eigenvalue weighted by molar-refractivity contribution is 5.62. The Kier molecular flexibility index (Phi) is 4.96. The van der Waals surface area contributed by atoms with Crippen LogP contribution in [0.4, 0.5) is 26.3 Å². The number of pyridine rings is 1. The minimum Gasteiger partial charge on any atom is -0.274 e. The first-order valence-corrected chi connectivity index (χ1v) is 8.70. The van der Waals surface area contributed by atoms with Gasteiger partial charge in [-0.15, -0.1) is 0 Å². The van der Waals surface area contributed by atoms with Crippen LogP contribution >= 0.6 is 0 Å². The van der Waals surface area contributed by atoms with Crippen LogP contribution in [0.5, 0.6) is 0 Å². The van der Waals surface area contributed by atoms with Gasteiger partial charge in [0.25, 0.3) is 0 Å². The fourth-order valence-electron chi connectivity index (χ4n) is 2.79. The molecule has 0 aliphatic heterocycles. The van der Waals surface area contributed by atoms with Gasteiger partial charge < -0.3 is 0 Å². The molecule has 4 rings (SSSR count). The molecule has 31 heavy (non-hydrogen) atoms. The van der Waals surface area contributed by atoms with E-state index in [9.17, 15) is 26.3 Å². The summed E-state index contributed by atoms with van der Waals surface area (Å²) >= 11 is 0. The molecule has 1 aromatic carbocycles. The van der Waals surface area contributed by atoms with Crippen LogP contribution in [-0.4, -0.2) is 24.5 Å².